The van der Waals surface area contributed by atoms with Crippen LogP contribution in [0.2, 0.25) is 0 Å². The Morgan fingerprint density at radius 2 is 1.80 bits per heavy atom. The maximum atomic E-state index is 13.3. The Balaban J connectivity index is 1.65. The number of esters is 1. The van der Waals surface area contributed by atoms with Gasteiger partial charge in [0.05, 0.1) is 36.0 Å². The van der Waals surface area contributed by atoms with Gasteiger partial charge in [0, 0.05) is 12.7 Å². The van der Waals surface area contributed by atoms with Gasteiger partial charge in [0.2, 0.25) is 0 Å². The van der Waals surface area contributed by atoms with Crippen LogP contribution in [-0.2, 0) is 9.53 Å². The van der Waals surface area contributed by atoms with E-state index < -0.39 is 12.0 Å². The molecule has 0 saturated carbocycles. The highest BCUT2D eigenvalue weighted by atomic mass is 16.5. The number of hydrogen-bond donors (Lipinski definition) is 2. The van der Waals surface area contributed by atoms with E-state index in [0.717, 1.165) is 0 Å². The van der Waals surface area contributed by atoms with Gasteiger partial charge in [0.1, 0.15) is 5.75 Å². The molecule has 2 heterocycles. The molecular weight excluding hydrogens is 386 g/mol. The van der Waals surface area contributed by atoms with Gasteiger partial charge in [-0.15, -0.1) is 0 Å². The lowest BCUT2D eigenvalue weighted by Gasteiger charge is -2.31. The van der Waals surface area contributed by atoms with E-state index in [-0.39, 0.29) is 30.8 Å². The SMILES string of the molecule is CCOC(=O)c1ccc(N2CC3=C(C2=O)[C@@H](c2ccc(O)cc2)NC(=O)N3C)cc1. The molecule has 2 aliphatic rings. The Hall–Kier alpha value is -3.81. The van der Waals surface area contributed by atoms with Crippen LogP contribution in [0.3, 0.4) is 0 Å². The number of hydrogen-bond acceptors (Lipinski definition) is 5. The minimum atomic E-state index is -0.611. The van der Waals surface area contributed by atoms with Gasteiger partial charge in [-0.05, 0) is 48.9 Å². The van der Waals surface area contributed by atoms with Crippen LogP contribution in [0, 0.1) is 0 Å². The first-order valence-corrected chi connectivity index (χ1v) is 9.56. The summed E-state index contributed by atoms with van der Waals surface area (Å²) in [7, 11) is 1.62. The summed E-state index contributed by atoms with van der Waals surface area (Å²) in [6.45, 7) is 2.26. The van der Waals surface area contributed by atoms with E-state index in [1.165, 1.54) is 17.0 Å². The van der Waals surface area contributed by atoms with E-state index >= 15 is 0 Å². The number of urea groups is 1. The van der Waals surface area contributed by atoms with E-state index in [9.17, 15) is 19.5 Å². The van der Waals surface area contributed by atoms with Gasteiger partial charge in [-0.3, -0.25) is 9.69 Å². The number of carbonyl (C=O) groups excluding carboxylic acids is 3. The molecule has 0 aliphatic carbocycles. The number of phenolic OH excluding ortho intramolecular Hbond substituents is 1. The topological polar surface area (TPSA) is 99.2 Å². The highest BCUT2D eigenvalue weighted by Crippen LogP contribution is 2.37. The Morgan fingerprint density at radius 1 is 1.13 bits per heavy atom. The number of rotatable bonds is 4. The van der Waals surface area contributed by atoms with Gasteiger partial charge in [0.25, 0.3) is 5.91 Å². The van der Waals surface area contributed by atoms with Crippen molar-refractivity contribution >= 4 is 23.6 Å². The van der Waals surface area contributed by atoms with E-state index in [2.05, 4.69) is 5.32 Å². The van der Waals surface area contributed by atoms with Crippen molar-refractivity contribution in [3.63, 3.8) is 0 Å². The van der Waals surface area contributed by atoms with Crippen molar-refractivity contribution in [3.05, 3.63) is 70.9 Å². The monoisotopic (exact) mass is 407 g/mol. The van der Waals surface area contributed by atoms with Crippen molar-refractivity contribution in [1.29, 1.82) is 0 Å². The van der Waals surface area contributed by atoms with Crippen LogP contribution >= 0.6 is 0 Å². The number of phenols is 1. The molecule has 1 atom stereocenters. The Kier molecular flexibility index (Phi) is 4.91. The average Bonchev–Trinajstić information content (AvgIpc) is 3.09. The van der Waals surface area contributed by atoms with Crippen LogP contribution in [0.5, 0.6) is 5.75 Å². The first-order valence-electron chi connectivity index (χ1n) is 9.56. The molecule has 8 heteroatoms. The largest absolute Gasteiger partial charge is 0.508 e. The summed E-state index contributed by atoms with van der Waals surface area (Å²) >= 11 is 0. The molecule has 30 heavy (non-hydrogen) atoms. The third-order valence-corrected chi connectivity index (χ3v) is 5.28. The molecule has 2 aromatic carbocycles. The normalized spacial score (nSPS) is 18.4. The number of carbonyl (C=O) groups is 3. The van der Waals surface area contributed by atoms with Gasteiger partial charge in [-0.1, -0.05) is 12.1 Å². The molecule has 0 bridgehead atoms. The second kappa shape index (κ2) is 7.55. The maximum Gasteiger partial charge on any atom is 0.338 e. The molecule has 154 valence electrons. The predicted octanol–water partition coefficient (Wildman–Crippen LogP) is 2.57. The molecule has 2 N–H and O–H groups in total. The van der Waals surface area contributed by atoms with Gasteiger partial charge in [-0.2, -0.15) is 0 Å². The van der Waals surface area contributed by atoms with Crippen LogP contribution in [0.25, 0.3) is 0 Å². The zero-order valence-corrected chi connectivity index (χ0v) is 16.6. The maximum absolute atomic E-state index is 13.3. The molecule has 2 aromatic rings. The lowest BCUT2D eigenvalue weighted by atomic mass is 9.95. The number of nitrogens with one attached hydrogen (secondary N) is 1. The number of anilines is 1. The number of benzene rings is 2. The van der Waals surface area contributed by atoms with Crippen LogP contribution < -0.4 is 10.2 Å². The van der Waals surface area contributed by atoms with Crippen LogP contribution in [0.1, 0.15) is 28.9 Å². The minimum Gasteiger partial charge on any atom is -0.508 e. The molecule has 0 aromatic heterocycles. The molecular formula is C22H21N3O5. The third kappa shape index (κ3) is 3.26. The molecule has 2 aliphatic heterocycles. The summed E-state index contributed by atoms with van der Waals surface area (Å²) in [4.78, 5) is 40.7. The molecule has 0 unspecified atom stereocenters. The number of likely N-dealkylation sites (N-methyl/N-ethyl adjacent to an activating group) is 1. The number of nitrogens with zero attached hydrogens (tertiary/aromatic N) is 2. The van der Waals surface area contributed by atoms with E-state index in [4.69, 9.17) is 4.74 Å². The summed E-state index contributed by atoms with van der Waals surface area (Å²) in [6, 6.07) is 12.1. The van der Waals surface area contributed by atoms with Crippen molar-refractivity contribution in [2.45, 2.75) is 13.0 Å². The Bertz CT molecular complexity index is 1040. The third-order valence-electron chi connectivity index (χ3n) is 5.28. The molecule has 8 nitrogen and oxygen atoms in total. The average molecular weight is 407 g/mol. The van der Waals surface area contributed by atoms with Crippen molar-refractivity contribution in [1.82, 2.24) is 10.2 Å². The summed E-state index contributed by atoms with van der Waals surface area (Å²) in [5.41, 5.74) is 2.83. The van der Waals surface area contributed by atoms with Crippen LogP contribution in [0.4, 0.5) is 10.5 Å². The van der Waals surface area contributed by atoms with Crippen molar-refractivity contribution in [2.24, 2.45) is 0 Å². The van der Waals surface area contributed by atoms with Crippen molar-refractivity contribution in [3.8, 4) is 5.75 Å². The number of aromatic hydroxyl groups is 1. The van der Waals surface area contributed by atoms with Gasteiger partial charge in [-0.25, -0.2) is 9.59 Å². The van der Waals surface area contributed by atoms with Gasteiger partial charge in [0.15, 0.2) is 0 Å². The van der Waals surface area contributed by atoms with Gasteiger partial charge >= 0.3 is 12.0 Å². The second-order valence-corrected chi connectivity index (χ2v) is 7.05. The smallest absolute Gasteiger partial charge is 0.338 e. The number of amides is 3. The zero-order valence-electron chi connectivity index (χ0n) is 16.6. The summed E-state index contributed by atoms with van der Waals surface area (Å²) in [5, 5.41) is 12.4. The van der Waals surface area contributed by atoms with Crippen molar-refractivity contribution < 1.29 is 24.2 Å². The van der Waals surface area contributed by atoms with Crippen LogP contribution in [-0.4, -0.2) is 48.1 Å². The highest BCUT2D eigenvalue weighted by molar-refractivity contribution is 6.11. The molecule has 3 amide bonds. The fourth-order valence-corrected chi connectivity index (χ4v) is 3.68. The highest BCUT2D eigenvalue weighted by Gasteiger charge is 2.43. The summed E-state index contributed by atoms with van der Waals surface area (Å²) < 4.78 is 4.99. The fraction of sp³-hybridized carbons (Fsp3) is 0.227. The molecule has 0 spiro atoms. The molecule has 0 fully saturated rings. The zero-order chi connectivity index (χ0) is 21.4. The van der Waals surface area contributed by atoms with Crippen molar-refractivity contribution in [2.75, 3.05) is 25.1 Å². The second-order valence-electron chi connectivity index (χ2n) is 7.05. The van der Waals surface area contributed by atoms with Crippen LogP contribution in [0.15, 0.2) is 59.8 Å². The molecule has 0 saturated heterocycles. The molecule has 4 rings (SSSR count). The predicted molar refractivity (Wildman–Crippen MR) is 109 cm³/mol. The standard InChI is InChI=1S/C22H21N3O5/c1-3-30-21(28)14-4-8-15(9-5-14)25-12-17-18(20(25)27)19(23-22(29)24(17)2)13-6-10-16(26)11-7-13/h4-11,19,26H,3,12H2,1-2H3,(H,23,29)/t19-/m1/s1. The lowest BCUT2D eigenvalue weighted by molar-refractivity contribution is -0.114. The first-order chi connectivity index (χ1) is 14.4. The first kappa shape index (κ1) is 19.5. The van der Waals surface area contributed by atoms with E-state index in [1.807, 2.05) is 0 Å². The fourth-order valence-electron chi connectivity index (χ4n) is 3.68. The lowest BCUT2D eigenvalue weighted by Crippen LogP contribution is -2.45. The minimum absolute atomic E-state index is 0.105. The Labute approximate surface area is 173 Å². The van der Waals surface area contributed by atoms with E-state index in [0.29, 0.717) is 28.1 Å². The quantitative estimate of drug-likeness (QED) is 0.759. The number of ether oxygens (including phenoxy) is 1. The van der Waals surface area contributed by atoms with Gasteiger partial charge < -0.3 is 20.1 Å². The summed E-state index contributed by atoms with van der Waals surface area (Å²) in [6.07, 6.45) is 0. The summed E-state index contributed by atoms with van der Waals surface area (Å²) in [5.74, 6) is -0.539. The Morgan fingerprint density at radius 3 is 2.43 bits per heavy atom. The molecule has 0 radical (unpaired) electrons. The van der Waals surface area contributed by atoms with E-state index in [1.54, 1.807) is 55.3 Å².